The second kappa shape index (κ2) is 8.65. The van der Waals surface area contributed by atoms with Crippen LogP contribution in [0.4, 0.5) is 0 Å². The zero-order valence-corrected chi connectivity index (χ0v) is 17.1. The molecule has 6 nitrogen and oxygen atoms in total. The quantitative estimate of drug-likeness (QED) is 0.800. The largest absolute Gasteiger partial charge is 0.348 e. The van der Waals surface area contributed by atoms with Crippen LogP contribution in [-0.2, 0) is 11.2 Å². The summed E-state index contributed by atoms with van der Waals surface area (Å²) >= 11 is 3.39. The smallest absolute Gasteiger partial charge is 0.342 e. The maximum absolute atomic E-state index is 12.5. The van der Waals surface area contributed by atoms with Gasteiger partial charge in [-0.15, -0.1) is 23.1 Å². The number of aromatic nitrogens is 3. The molecule has 0 unspecified atom stereocenters. The summed E-state index contributed by atoms with van der Waals surface area (Å²) in [5, 5.41) is 10.4. The third-order valence-corrected chi connectivity index (χ3v) is 7.86. The van der Waals surface area contributed by atoms with Crippen molar-refractivity contribution in [3.63, 3.8) is 0 Å². The van der Waals surface area contributed by atoms with Gasteiger partial charge < -0.3 is 4.90 Å². The van der Waals surface area contributed by atoms with Gasteiger partial charge in [-0.25, -0.2) is 14.5 Å². The number of nitrogens with one attached hydrogen (secondary N) is 1. The van der Waals surface area contributed by atoms with Crippen LogP contribution in [0, 0.1) is 5.92 Å². The van der Waals surface area contributed by atoms with E-state index in [1.54, 1.807) is 4.57 Å². The highest BCUT2D eigenvalue weighted by molar-refractivity contribution is 8.00. The fourth-order valence-electron chi connectivity index (χ4n) is 4.07. The van der Waals surface area contributed by atoms with E-state index in [0.717, 1.165) is 43.2 Å². The highest BCUT2D eigenvalue weighted by Gasteiger charge is 2.26. The molecule has 2 aliphatic rings. The van der Waals surface area contributed by atoms with Gasteiger partial charge in [0.2, 0.25) is 5.91 Å². The van der Waals surface area contributed by atoms with Gasteiger partial charge in [0.15, 0.2) is 0 Å². The Morgan fingerprint density at radius 3 is 2.74 bits per heavy atom. The number of piperidine rings is 1. The highest BCUT2D eigenvalue weighted by Crippen LogP contribution is 2.30. The molecule has 0 bridgehead atoms. The van der Waals surface area contributed by atoms with Gasteiger partial charge in [0.05, 0.1) is 5.75 Å². The second-order valence-corrected chi connectivity index (χ2v) is 9.69. The summed E-state index contributed by atoms with van der Waals surface area (Å²) in [6, 6.07) is 3.88. The molecule has 2 aromatic heterocycles. The van der Waals surface area contributed by atoms with E-state index >= 15 is 0 Å². The minimum atomic E-state index is -0.177. The van der Waals surface area contributed by atoms with Gasteiger partial charge in [-0.1, -0.05) is 12.8 Å². The lowest BCUT2D eigenvalue weighted by Gasteiger charge is -2.32. The van der Waals surface area contributed by atoms with Gasteiger partial charge in [0.25, 0.3) is 0 Å². The van der Waals surface area contributed by atoms with Gasteiger partial charge >= 0.3 is 5.69 Å². The summed E-state index contributed by atoms with van der Waals surface area (Å²) in [5.41, 5.74) is -0.177. The molecule has 0 atom stereocenters. The Bertz CT molecular complexity index is 800. The van der Waals surface area contributed by atoms with E-state index in [1.807, 2.05) is 34.2 Å². The number of aromatic amines is 1. The fraction of sp³-hybridized carbons (Fsp3) is 0.632. The van der Waals surface area contributed by atoms with Crippen molar-refractivity contribution >= 4 is 29.0 Å². The van der Waals surface area contributed by atoms with Crippen LogP contribution in [0.3, 0.4) is 0 Å². The van der Waals surface area contributed by atoms with Gasteiger partial charge in [-0.05, 0) is 49.1 Å². The van der Waals surface area contributed by atoms with Crippen molar-refractivity contribution in [2.45, 2.75) is 50.2 Å². The van der Waals surface area contributed by atoms with Crippen molar-refractivity contribution < 1.29 is 4.79 Å². The van der Waals surface area contributed by atoms with Crippen LogP contribution in [0.1, 0.15) is 44.3 Å². The monoisotopic (exact) mass is 406 g/mol. The first kappa shape index (κ1) is 18.8. The second-order valence-electron chi connectivity index (χ2n) is 7.48. The lowest BCUT2D eigenvalue weighted by atomic mass is 9.93. The molecule has 0 spiro atoms. The van der Waals surface area contributed by atoms with Gasteiger partial charge in [0.1, 0.15) is 10.8 Å². The molecule has 146 valence electrons. The van der Waals surface area contributed by atoms with Crippen LogP contribution < -0.4 is 5.69 Å². The SMILES string of the molecule is O=C(CSC1CCCC1)N1CCC(Cc2n[nH]c(=O)n2-c2cccs2)CC1. The minimum Gasteiger partial charge on any atom is -0.342 e. The van der Waals surface area contributed by atoms with Crippen molar-refractivity contribution in [1.29, 1.82) is 0 Å². The topological polar surface area (TPSA) is 71.0 Å². The number of hydrogen-bond donors (Lipinski definition) is 1. The Morgan fingerprint density at radius 2 is 2.04 bits per heavy atom. The highest BCUT2D eigenvalue weighted by atomic mass is 32.2. The lowest BCUT2D eigenvalue weighted by molar-refractivity contribution is -0.129. The number of likely N-dealkylation sites (tertiary alicyclic amines) is 1. The Kier molecular flexibility index (Phi) is 6.02. The molecule has 0 aromatic carbocycles. The number of thioether (sulfide) groups is 1. The van der Waals surface area contributed by atoms with Crippen LogP contribution in [0.15, 0.2) is 22.3 Å². The number of H-pyrrole nitrogens is 1. The maximum atomic E-state index is 12.5. The summed E-state index contributed by atoms with van der Waals surface area (Å²) in [7, 11) is 0. The molecule has 3 heterocycles. The molecule has 1 aliphatic heterocycles. The van der Waals surface area contributed by atoms with Crippen molar-refractivity contribution in [3.8, 4) is 5.00 Å². The van der Waals surface area contributed by atoms with Crippen LogP contribution in [-0.4, -0.2) is 49.7 Å². The van der Waals surface area contributed by atoms with E-state index in [9.17, 15) is 9.59 Å². The predicted molar refractivity (Wildman–Crippen MR) is 110 cm³/mol. The Labute approximate surface area is 167 Å². The first-order chi connectivity index (χ1) is 13.2. The molecule has 4 rings (SSSR count). The van der Waals surface area contributed by atoms with Crippen molar-refractivity contribution in [3.05, 3.63) is 33.8 Å². The first-order valence-electron chi connectivity index (χ1n) is 9.80. The van der Waals surface area contributed by atoms with E-state index < -0.39 is 0 Å². The molecule has 1 amide bonds. The van der Waals surface area contributed by atoms with Crippen LogP contribution in [0.2, 0.25) is 0 Å². The maximum Gasteiger partial charge on any atom is 0.348 e. The fourth-order valence-corrected chi connectivity index (χ4v) is 6.05. The van der Waals surface area contributed by atoms with Gasteiger partial charge in [0, 0.05) is 24.8 Å². The molecule has 1 N–H and O–H groups in total. The van der Waals surface area contributed by atoms with Gasteiger partial charge in [-0.3, -0.25) is 4.79 Å². The number of nitrogens with zero attached hydrogens (tertiary/aromatic N) is 3. The van der Waals surface area contributed by atoms with Crippen LogP contribution in [0.5, 0.6) is 0 Å². The Balaban J connectivity index is 1.29. The molecule has 1 aliphatic carbocycles. The normalized spacial score (nSPS) is 19.0. The first-order valence-corrected chi connectivity index (χ1v) is 11.7. The van der Waals surface area contributed by atoms with Crippen molar-refractivity contribution in [2.24, 2.45) is 5.92 Å². The molecular weight excluding hydrogens is 380 g/mol. The summed E-state index contributed by atoms with van der Waals surface area (Å²) < 4.78 is 1.68. The number of hydrogen-bond acceptors (Lipinski definition) is 5. The standard InChI is InChI=1S/C19H26N4O2S2/c24-17(13-27-15-4-1-2-5-15)22-9-7-14(8-10-22)12-16-20-21-19(25)23(16)18-6-3-11-26-18/h3,6,11,14-15H,1-2,4-5,7-10,12-13H2,(H,21,25). The number of thiophene rings is 1. The summed E-state index contributed by atoms with van der Waals surface area (Å²) in [5.74, 6) is 2.18. The zero-order chi connectivity index (χ0) is 18.6. The Morgan fingerprint density at radius 1 is 1.26 bits per heavy atom. The average molecular weight is 407 g/mol. The molecule has 2 aromatic rings. The molecule has 1 saturated carbocycles. The zero-order valence-electron chi connectivity index (χ0n) is 15.4. The van der Waals surface area contributed by atoms with Crippen LogP contribution in [0.25, 0.3) is 5.00 Å². The number of carbonyl (C=O) groups is 1. The van der Waals surface area contributed by atoms with E-state index in [2.05, 4.69) is 10.2 Å². The molecule has 1 saturated heterocycles. The molecule has 2 fully saturated rings. The molecule has 8 heteroatoms. The third kappa shape index (κ3) is 4.48. The number of amides is 1. The summed E-state index contributed by atoms with van der Waals surface area (Å²) in [6.07, 6.45) is 7.92. The lowest BCUT2D eigenvalue weighted by Crippen LogP contribution is -2.40. The number of rotatable bonds is 6. The van der Waals surface area contributed by atoms with E-state index in [0.29, 0.717) is 22.8 Å². The van der Waals surface area contributed by atoms with Crippen molar-refractivity contribution in [2.75, 3.05) is 18.8 Å². The van der Waals surface area contributed by atoms with Crippen LogP contribution >= 0.6 is 23.1 Å². The Hall–Kier alpha value is -1.54. The predicted octanol–water partition coefficient (Wildman–Crippen LogP) is 3.08. The number of carbonyl (C=O) groups excluding carboxylic acids is 1. The minimum absolute atomic E-state index is 0.177. The van der Waals surface area contributed by atoms with E-state index in [-0.39, 0.29) is 5.69 Å². The van der Waals surface area contributed by atoms with Crippen molar-refractivity contribution in [1.82, 2.24) is 19.7 Å². The molecule has 27 heavy (non-hydrogen) atoms. The summed E-state index contributed by atoms with van der Waals surface area (Å²) in [6.45, 7) is 1.64. The van der Waals surface area contributed by atoms with E-state index in [4.69, 9.17) is 0 Å². The molecular formula is C19H26N4O2S2. The third-order valence-electron chi connectivity index (χ3n) is 5.65. The summed E-state index contributed by atoms with van der Waals surface area (Å²) in [4.78, 5) is 26.6. The van der Waals surface area contributed by atoms with E-state index in [1.165, 1.54) is 37.0 Å². The van der Waals surface area contributed by atoms with Gasteiger partial charge in [-0.2, -0.15) is 5.10 Å². The average Bonchev–Trinajstić information content (AvgIpc) is 3.43. The molecule has 0 radical (unpaired) electrons.